The molecule has 3 heterocycles. The van der Waals surface area contributed by atoms with Crippen molar-refractivity contribution in [2.45, 2.75) is 38.9 Å². The van der Waals surface area contributed by atoms with Crippen molar-refractivity contribution in [2.75, 3.05) is 0 Å². The molecule has 3 aromatic rings. The third-order valence-electron chi connectivity index (χ3n) is 4.41. The Kier molecular flexibility index (Phi) is 4.16. The van der Waals surface area contributed by atoms with Crippen molar-refractivity contribution in [3.05, 3.63) is 58.7 Å². The number of fused-ring (bicyclic) bond motifs is 1. The van der Waals surface area contributed by atoms with E-state index in [1.54, 1.807) is 17.4 Å². The van der Waals surface area contributed by atoms with E-state index in [0.29, 0.717) is 5.56 Å². The van der Waals surface area contributed by atoms with E-state index >= 15 is 0 Å². The van der Waals surface area contributed by atoms with Gasteiger partial charge in [-0.1, -0.05) is 18.2 Å². The minimum absolute atomic E-state index is 0.142. The van der Waals surface area contributed by atoms with Crippen LogP contribution in [-0.4, -0.2) is 14.8 Å². The average Bonchev–Trinajstić information content (AvgIpc) is 3.29. The van der Waals surface area contributed by atoms with Crippen molar-refractivity contribution < 1.29 is 4.39 Å². The lowest BCUT2D eigenvalue weighted by Gasteiger charge is -2.13. The normalized spacial score (nSPS) is 14.8. The minimum atomic E-state index is -0.175. The summed E-state index contributed by atoms with van der Waals surface area (Å²) in [4.78, 5) is 2.14. The molecule has 2 aromatic heterocycles. The summed E-state index contributed by atoms with van der Waals surface area (Å²) in [6.07, 6.45) is 2.18. The molecule has 1 aliphatic rings. The number of aryl methyl sites for hydroxylation is 1. The van der Waals surface area contributed by atoms with Crippen LogP contribution in [0, 0.1) is 5.82 Å². The molecule has 0 saturated carbocycles. The van der Waals surface area contributed by atoms with Gasteiger partial charge in [0.25, 0.3) is 0 Å². The zero-order valence-electron chi connectivity index (χ0n) is 13.5. The van der Waals surface area contributed by atoms with Crippen LogP contribution in [-0.2, 0) is 19.5 Å². The van der Waals surface area contributed by atoms with Crippen molar-refractivity contribution in [3.63, 3.8) is 0 Å². The summed E-state index contributed by atoms with van der Waals surface area (Å²) in [6.45, 7) is 3.86. The maximum Gasteiger partial charge on any atom is 0.149 e. The first kappa shape index (κ1) is 15.5. The molecule has 4 rings (SSSR count). The highest BCUT2D eigenvalue weighted by atomic mass is 32.1. The molecule has 4 nitrogen and oxygen atoms in total. The number of hydrogen-bond donors (Lipinski definition) is 1. The van der Waals surface area contributed by atoms with Crippen LogP contribution in [0.2, 0.25) is 0 Å². The van der Waals surface area contributed by atoms with E-state index in [4.69, 9.17) is 0 Å². The Morgan fingerprint density at radius 1 is 1.25 bits per heavy atom. The summed E-state index contributed by atoms with van der Waals surface area (Å²) in [5.41, 5.74) is 0.664. The highest BCUT2D eigenvalue weighted by Gasteiger charge is 2.21. The Hall–Kier alpha value is -2.05. The number of nitrogens with one attached hydrogen (secondary N) is 1. The van der Waals surface area contributed by atoms with Crippen LogP contribution in [0.5, 0.6) is 0 Å². The third kappa shape index (κ3) is 2.87. The number of thiophene rings is 1. The van der Waals surface area contributed by atoms with Gasteiger partial charge in [-0.05, 0) is 31.5 Å². The number of nitrogens with zero attached hydrogens (tertiary/aromatic N) is 3. The van der Waals surface area contributed by atoms with E-state index in [-0.39, 0.29) is 11.9 Å². The molecule has 0 bridgehead atoms. The Morgan fingerprint density at radius 2 is 2.12 bits per heavy atom. The first-order valence-corrected chi connectivity index (χ1v) is 9.03. The Labute approximate surface area is 144 Å². The summed E-state index contributed by atoms with van der Waals surface area (Å²) in [5.74, 6) is 1.93. The summed E-state index contributed by atoms with van der Waals surface area (Å²) >= 11 is 1.62. The van der Waals surface area contributed by atoms with Gasteiger partial charge in [-0.25, -0.2) is 4.39 Å². The van der Waals surface area contributed by atoms with Crippen LogP contribution in [0.4, 0.5) is 4.39 Å². The van der Waals surface area contributed by atoms with E-state index in [1.165, 1.54) is 10.9 Å². The van der Waals surface area contributed by atoms with E-state index in [0.717, 1.165) is 42.5 Å². The van der Waals surface area contributed by atoms with Gasteiger partial charge in [0.05, 0.1) is 6.04 Å². The lowest BCUT2D eigenvalue weighted by Crippen LogP contribution is -2.21. The molecular weight excluding hydrogens is 323 g/mol. The predicted molar refractivity (Wildman–Crippen MR) is 93.3 cm³/mol. The van der Waals surface area contributed by atoms with Crippen molar-refractivity contribution in [3.8, 4) is 10.4 Å². The maximum absolute atomic E-state index is 13.9. The first-order chi connectivity index (χ1) is 11.7. The monoisotopic (exact) mass is 342 g/mol. The van der Waals surface area contributed by atoms with Crippen LogP contribution in [0.15, 0.2) is 36.4 Å². The molecule has 24 heavy (non-hydrogen) atoms. The molecule has 1 atom stereocenters. The van der Waals surface area contributed by atoms with Gasteiger partial charge in [0, 0.05) is 34.8 Å². The Morgan fingerprint density at radius 3 is 3.00 bits per heavy atom. The van der Waals surface area contributed by atoms with Gasteiger partial charge in [0.1, 0.15) is 17.5 Å². The maximum atomic E-state index is 13.9. The molecule has 0 aliphatic carbocycles. The molecule has 124 valence electrons. The van der Waals surface area contributed by atoms with Crippen LogP contribution < -0.4 is 5.32 Å². The van der Waals surface area contributed by atoms with E-state index in [1.807, 2.05) is 18.2 Å². The van der Waals surface area contributed by atoms with Crippen LogP contribution in [0.3, 0.4) is 0 Å². The lowest BCUT2D eigenvalue weighted by molar-refractivity contribution is 0.518. The summed E-state index contributed by atoms with van der Waals surface area (Å²) in [6, 6.07) is 11.1. The molecule has 0 radical (unpaired) electrons. The van der Waals surface area contributed by atoms with E-state index < -0.39 is 0 Å². The predicted octanol–water partition coefficient (Wildman–Crippen LogP) is 3.94. The number of benzene rings is 1. The van der Waals surface area contributed by atoms with Gasteiger partial charge in [0.2, 0.25) is 0 Å². The van der Waals surface area contributed by atoms with E-state index in [2.05, 4.69) is 33.1 Å². The molecule has 6 heteroatoms. The molecule has 0 fully saturated rings. The minimum Gasteiger partial charge on any atom is -0.314 e. The van der Waals surface area contributed by atoms with Gasteiger partial charge in [0.15, 0.2) is 0 Å². The first-order valence-electron chi connectivity index (χ1n) is 8.21. The van der Waals surface area contributed by atoms with Gasteiger partial charge < -0.3 is 9.88 Å². The zero-order valence-corrected chi connectivity index (χ0v) is 14.3. The number of aromatic nitrogens is 3. The fourth-order valence-corrected chi connectivity index (χ4v) is 4.10. The topological polar surface area (TPSA) is 42.7 Å². The molecule has 1 unspecified atom stereocenters. The molecule has 1 N–H and O–H groups in total. The summed E-state index contributed by atoms with van der Waals surface area (Å²) in [5, 5.41) is 12.1. The summed E-state index contributed by atoms with van der Waals surface area (Å²) < 4.78 is 16.1. The molecule has 0 spiro atoms. The second-order valence-electron chi connectivity index (χ2n) is 6.08. The standard InChI is InChI=1S/C18H19FN4S/c1-12(18-22-21-17-7-4-10-23(17)18)20-11-13-8-9-16(24-13)14-5-2-3-6-15(14)19/h2-3,5-6,8-9,12,20H,4,7,10-11H2,1H3. The van der Waals surface area contributed by atoms with Gasteiger partial charge in [-0.3, -0.25) is 0 Å². The lowest BCUT2D eigenvalue weighted by atomic mass is 10.2. The van der Waals surface area contributed by atoms with Crippen molar-refractivity contribution in [1.82, 2.24) is 20.1 Å². The fourth-order valence-electron chi connectivity index (χ4n) is 3.12. The van der Waals surface area contributed by atoms with Crippen molar-refractivity contribution in [1.29, 1.82) is 0 Å². The molecule has 0 saturated heterocycles. The quantitative estimate of drug-likeness (QED) is 0.764. The highest BCUT2D eigenvalue weighted by Crippen LogP contribution is 2.30. The largest absolute Gasteiger partial charge is 0.314 e. The Balaban J connectivity index is 1.44. The second kappa shape index (κ2) is 6.45. The third-order valence-corrected chi connectivity index (χ3v) is 5.53. The van der Waals surface area contributed by atoms with Gasteiger partial charge in [-0.2, -0.15) is 0 Å². The SMILES string of the molecule is CC(NCc1ccc(-c2ccccc2F)s1)c1nnc2n1CCC2. The fraction of sp³-hybridized carbons (Fsp3) is 0.333. The zero-order chi connectivity index (χ0) is 16.5. The molecule has 1 aliphatic heterocycles. The Bertz CT molecular complexity index is 854. The summed E-state index contributed by atoms with van der Waals surface area (Å²) in [7, 11) is 0. The van der Waals surface area contributed by atoms with Crippen molar-refractivity contribution in [2.24, 2.45) is 0 Å². The smallest absolute Gasteiger partial charge is 0.149 e. The van der Waals surface area contributed by atoms with Crippen LogP contribution >= 0.6 is 11.3 Å². The van der Waals surface area contributed by atoms with Gasteiger partial charge in [-0.15, -0.1) is 21.5 Å². The molecule has 0 amide bonds. The van der Waals surface area contributed by atoms with E-state index in [9.17, 15) is 4.39 Å². The van der Waals surface area contributed by atoms with Crippen molar-refractivity contribution >= 4 is 11.3 Å². The van der Waals surface area contributed by atoms with Gasteiger partial charge >= 0.3 is 0 Å². The number of hydrogen-bond acceptors (Lipinski definition) is 4. The van der Waals surface area contributed by atoms with Crippen LogP contribution in [0.25, 0.3) is 10.4 Å². The van der Waals surface area contributed by atoms with Crippen LogP contribution in [0.1, 0.15) is 35.9 Å². The molecular formula is C18H19FN4S. The molecule has 1 aromatic carbocycles. The second-order valence-corrected chi connectivity index (χ2v) is 7.25. The number of halogens is 1. The number of rotatable bonds is 5. The highest BCUT2D eigenvalue weighted by molar-refractivity contribution is 7.15. The average molecular weight is 342 g/mol.